The minimum Gasteiger partial charge on any atom is -0.421 e. The van der Waals surface area contributed by atoms with Crippen LogP contribution in [0.1, 0.15) is 24.4 Å². The van der Waals surface area contributed by atoms with Crippen LogP contribution in [-0.4, -0.2) is 48.8 Å². The molecule has 4 rings (SSSR count). The Morgan fingerprint density at radius 1 is 1.18 bits per heavy atom. The molecule has 3 heterocycles. The summed E-state index contributed by atoms with van der Waals surface area (Å²) in [5, 5.41) is 6.56. The summed E-state index contributed by atoms with van der Waals surface area (Å²) in [6.07, 6.45) is 1.45. The first kappa shape index (κ1) is 23.6. The molecular formula is C20H20ClFN4O5S2. The summed E-state index contributed by atoms with van der Waals surface area (Å²) < 4.78 is 70.8. The third-order valence-corrected chi connectivity index (χ3v) is 9.60. The van der Waals surface area contributed by atoms with Crippen LogP contribution in [-0.2, 0) is 26.4 Å². The number of sulfone groups is 1. The van der Waals surface area contributed by atoms with Crippen LogP contribution in [0.3, 0.4) is 0 Å². The second-order valence-electron chi connectivity index (χ2n) is 7.67. The summed E-state index contributed by atoms with van der Waals surface area (Å²) >= 11 is 5.91. The Balaban J connectivity index is 1.66. The number of hydrogen-bond donors (Lipinski definition) is 0. The monoisotopic (exact) mass is 514 g/mol. The van der Waals surface area contributed by atoms with E-state index in [-0.39, 0.29) is 47.5 Å². The fourth-order valence-electron chi connectivity index (χ4n) is 3.52. The van der Waals surface area contributed by atoms with Crippen LogP contribution >= 0.6 is 11.6 Å². The van der Waals surface area contributed by atoms with Gasteiger partial charge >= 0.3 is 0 Å². The van der Waals surface area contributed by atoms with Gasteiger partial charge in [-0.05, 0) is 43.2 Å². The van der Waals surface area contributed by atoms with Gasteiger partial charge in [-0.15, -0.1) is 10.2 Å². The minimum atomic E-state index is -4.01. The van der Waals surface area contributed by atoms with Gasteiger partial charge in [0.1, 0.15) is 15.7 Å². The molecule has 0 spiro atoms. The first-order valence-corrected chi connectivity index (χ1v) is 13.7. The van der Waals surface area contributed by atoms with Crippen LogP contribution in [0, 0.1) is 12.7 Å². The largest absolute Gasteiger partial charge is 0.421 e. The molecule has 0 unspecified atom stereocenters. The van der Waals surface area contributed by atoms with Crippen molar-refractivity contribution in [2.75, 3.05) is 15.8 Å². The zero-order valence-electron chi connectivity index (χ0n) is 17.5. The average Bonchev–Trinajstić information content (AvgIpc) is 3.20. The SMILES string of the molecule is Cc1nnc(-c2ccc(CN(c3ccc(F)c(Cl)c3)S(=O)(=O)C3CCS(=O)(=O)CC3)nc2)o1. The molecule has 3 aromatic rings. The van der Waals surface area contributed by atoms with Crippen molar-refractivity contribution in [3.63, 3.8) is 0 Å². The van der Waals surface area contributed by atoms with E-state index in [1.807, 2.05) is 0 Å². The van der Waals surface area contributed by atoms with E-state index >= 15 is 0 Å². The van der Waals surface area contributed by atoms with Crippen LogP contribution in [0.4, 0.5) is 10.1 Å². The van der Waals surface area contributed by atoms with E-state index in [1.54, 1.807) is 19.1 Å². The van der Waals surface area contributed by atoms with E-state index in [1.165, 1.54) is 18.3 Å². The Bertz CT molecular complexity index is 1360. The van der Waals surface area contributed by atoms with Crippen LogP contribution in [0.5, 0.6) is 0 Å². The van der Waals surface area contributed by atoms with E-state index in [0.717, 1.165) is 10.4 Å². The normalized spacial score (nSPS) is 16.6. The number of aromatic nitrogens is 3. The average molecular weight is 515 g/mol. The second kappa shape index (κ2) is 8.99. The fraction of sp³-hybridized carbons (Fsp3) is 0.350. The quantitative estimate of drug-likeness (QED) is 0.491. The van der Waals surface area contributed by atoms with Crippen molar-refractivity contribution >= 4 is 37.1 Å². The highest BCUT2D eigenvalue weighted by Gasteiger charge is 2.37. The Morgan fingerprint density at radius 2 is 1.91 bits per heavy atom. The second-order valence-corrected chi connectivity index (χ2v) is 12.5. The fourth-order valence-corrected chi connectivity index (χ4v) is 7.39. The van der Waals surface area contributed by atoms with E-state index in [2.05, 4.69) is 15.2 Å². The standard InChI is InChI=1S/C20H20ClFN4O5S2/c1-13-24-25-20(31-13)14-2-3-15(23-11-14)12-26(16-4-5-19(22)18(21)10-16)33(29,30)17-6-8-32(27,28)9-7-17/h2-5,10-11,17H,6-9,12H2,1H3. The molecule has 33 heavy (non-hydrogen) atoms. The maximum absolute atomic E-state index is 13.7. The van der Waals surface area contributed by atoms with Crippen molar-refractivity contribution < 1.29 is 25.6 Å². The summed E-state index contributed by atoms with van der Waals surface area (Å²) in [6.45, 7) is 1.50. The molecule has 1 aromatic carbocycles. The molecule has 2 aromatic heterocycles. The molecule has 0 atom stereocenters. The maximum atomic E-state index is 13.7. The van der Waals surface area contributed by atoms with Gasteiger partial charge in [-0.1, -0.05) is 11.6 Å². The molecule has 13 heteroatoms. The van der Waals surface area contributed by atoms with Crippen molar-refractivity contribution in [2.24, 2.45) is 0 Å². The summed E-state index contributed by atoms with van der Waals surface area (Å²) in [4.78, 5) is 4.31. The van der Waals surface area contributed by atoms with Gasteiger partial charge in [0.15, 0.2) is 0 Å². The van der Waals surface area contributed by atoms with Crippen molar-refractivity contribution in [3.8, 4) is 11.5 Å². The summed E-state index contributed by atoms with van der Waals surface area (Å²) in [5.74, 6) is -0.408. The first-order valence-electron chi connectivity index (χ1n) is 9.97. The molecule has 176 valence electrons. The third-order valence-electron chi connectivity index (χ3n) is 5.32. The number of benzene rings is 1. The number of aryl methyl sites for hydroxylation is 1. The number of rotatable bonds is 6. The molecule has 1 aliphatic rings. The number of anilines is 1. The molecule has 0 amide bonds. The van der Waals surface area contributed by atoms with Gasteiger partial charge in [-0.3, -0.25) is 9.29 Å². The highest BCUT2D eigenvalue weighted by molar-refractivity contribution is 7.94. The van der Waals surface area contributed by atoms with Crippen molar-refractivity contribution in [1.82, 2.24) is 15.2 Å². The van der Waals surface area contributed by atoms with Crippen molar-refractivity contribution in [3.05, 3.63) is 59.0 Å². The lowest BCUT2D eigenvalue weighted by Gasteiger charge is -2.31. The van der Waals surface area contributed by atoms with Gasteiger partial charge in [0, 0.05) is 13.1 Å². The lowest BCUT2D eigenvalue weighted by molar-refractivity contribution is 0.532. The Hall–Kier alpha value is -2.57. The zero-order valence-corrected chi connectivity index (χ0v) is 19.9. The third kappa shape index (κ3) is 5.17. The molecule has 1 saturated heterocycles. The van der Waals surface area contributed by atoms with Gasteiger partial charge in [0.2, 0.25) is 21.8 Å². The highest BCUT2D eigenvalue weighted by Crippen LogP contribution is 2.31. The Morgan fingerprint density at radius 3 is 2.48 bits per heavy atom. The molecule has 9 nitrogen and oxygen atoms in total. The number of hydrogen-bond acceptors (Lipinski definition) is 8. The number of pyridine rings is 1. The summed E-state index contributed by atoms with van der Waals surface area (Å²) in [7, 11) is -7.26. The highest BCUT2D eigenvalue weighted by atomic mass is 35.5. The number of sulfonamides is 1. The summed E-state index contributed by atoms with van der Waals surface area (Å²) in [5.41, 5.74) is 1.13. The Kier molecular flexibility index (Phi) is 6.43. The van der Waals surface area contributed by atoms with Gasteiger partial charge < -0.3 is 4.42 Å². The van der Waals surface area contributed by atoms with Crippen molar-refractivity contribution in [1.29, 1.82) is 0 Å². The molecule has 1 fully saturated rings. The molecule has 0 radical (unpaired) electrons. The molecule has 0 saturated carbocycles. The maximum Gasteiger partial charge on any atom is 0.249 e. The minimum absolute atomic E-state index is 0.0149. The van der Waals surface area contributed by atoms with E-state index in [9.17, 15) is 21.2 Å². The lowest BCUT2D eigenvalue weighted by Crippen LogP contribution is -2.42. The van der Waals surface area contributed by atoms with E-state index in [0.29, 0.717) is 17.1 Å². The van der Waals surface area contributed by atoms with Gasteiger partial charge in [-0.2, -0.15) is 0 Å². The van der Waals surface area contributed by atoms with Gasteiger partial charge in [0.05, 0.1) is 45.3 Å². The molecular weight excluding hydrogens is 495 g/mol. The molecule has 0 aliphatic carbocycles. The summed E-state index contributed by atoms with van der Waals surface area (Å²) in [6, 6.07) is 6.91. The number of halogens is 2. The van der Waals surface area contributed by atoms with E-state index in [4.69, 9.17) is 16.0 Å². The topological polar surface area (TPSA) is 123 Å². The Labute approximate surface area is 195 Å². The van der Waals surface area contributed by atoms with Crippen molar-refractivity contribution in [2.45, 2.75) is 31.6 Å². The van der Waals surface area contributed by atoms with Crippen LogP contribution in [0.25, 0.3) is 11.5 Å². The van der Waals surface area contributed by atoms with E-state index < -0.39 is 30.9 Å². The predicted octanol–water partition coefficient (Wildman–Crippen LogP) is 3.15. The first-order chi connectivity index (χ1) is 15.5. The smallest absolute Gasteiger partial charge is 0.249 e. The predicted molar refractivity (Wildman–Crippen MR) is 120 cm³/mol. The van der Waals surface area contributed by atoms with Gasteiger partial charge in [-0.25, -0.2) is 21.2 Å². The van der Waals surface area contributed by atoms with Gasteiger partial charge in [0.25, 0.3) is 0 Å². The zero-order chi connectivity index (χ0) is 23.8. The number of nitrogens with zero attached hydrogens (tertiary/aromatic N) is 4. The lowest BCUT2D eigenvalue weighted by atomic mass is 10.2. The van der Waals surface area contributed by atoms with Crippen LogP contribution in [0.2, 0.25) is 5.02 Å². The van der Waals surface area contributed by atoms with Crippen LogP contribution < -0.4 is 4.31 Å². The molecule has 0 bridgehead atoms. The molecule has 1 aliphatic heterocycles. The molecule has 0 N–H and O–H groups in total. The van der Waals surface area contributed by atoms with Crippen LogP contribution in [0.15, 0.2) is 40.9 Å².